The van der Waals surface area contributed by atoms with E-state index in [2.05, 4.69) is 15.6 Å². The molecular weight excluding hydrogens is 538 g/mol. The maximum absolute atomic E-state index is 13.4. The molecule has 4 aromatic carbocycles. The third-order valence-corrected chi connectivity index (χ3v) is 6.14. The van der Waals surface area contributed by atoms with Crippen LogP contribution in [0.1, 0.15) is 32.0 Å². The van der Waals surface area contributed by atoms with E-state index in [1.54, 1.807) is 54.6 Å². The van der Waals surface area contributed by atoms with Gasteiger partial charge in [-0.25, -0.2) is 9.37 Å². The average molecular weight is 560 g/mol. The normalized spacial score (nSPS) is 11.2. The second kappa shape index (κ2) is 11.5. The lowest BCUT2D eigenvalue weighted by atomic mass is 10.1. The highest BCUT2D eigenvalue weighted by molar-refractivity contribution is 6.04. The van der Waals surface area contributed by atoms with Crippen LogP contribution >= 0.6 is 0 Å². The number of nitrogens with zero attached hydrogens (tertiary/aromatic N) is 1. The summed E-state index contributed by atoms with van der Waals surface area (Å²) in [6.45, 7) is -0.379. The molecule has 0 aliphatic heterocycles. The second-order valence-electron chi connectivity index (χ2n) is 8.94. The third-order valence-electron chi connectivity index (χ3n) is 6.14. The van der Waals surface area contributed by atoms with Crippen molar-refractivity contribution in [2.45, 2.75) is 12.7 Å². The van der Waals surface area contributed by atoms with E-state index in [1.165, 1.54) is 42.5 Å². The molecule has 41 heavy (non-hydrogen) atoms. The lowest BCUT2D eigenvalue weighted by molar-refractivity contribution is -0.138. The molecule has 0 saturated carbocycles. The van der Waals surface area contributed by atoms with Crippen molar-refractivity contribution in [3.63, 3.8) is 0 Å². The first kappa shape index (κ1) is 27.3. The standard InChI is InChI=1S/C31H21F4N3O3/c32-23-14-10-20(11-15-23)28(39)37-24-16-12-19(13-17-24)27-26(38-30(41-27)21-6-2-1-3-7-21)29(40)36-18-22-8-4-5-9-25(22)31(33,34)35/h1-17H,18H2,(H,36,40)(H,37,39). The van der Waals surface area contributed by atoms with Gasteiger partial charge in [0.25, 0.3) is 11.8 Å². The number of benzene rings is 4. The Morgan fingerprint density at radius 1 is 0.756 bits per heavy atom. The summed E-state index contributed by atoms with van der Waals surface area (Å²) >= 11 is 0. The van der Waals surface area contributed by atoms with Crippen LogP contribution in [0.15, 0.2) is 108 Å². The largest absolute Gasteiger partial charge is 0.435 e. The number of carbonyl (C=O) groups is 2. The van der Waals surface area contributed by atoms with Gasteiger partial charge in [-0.2, -0.15) is 13.2 Å². The van der Waals surface area contributed by atoms with Gasteiger partial charge < -0.3 is 15.1 Å². The number of amides is 2. The fraction of sp³-hybridized carbons (Fsp3) is 0.0645. The molecule has 0 bridgehead atoms. The Balaban J connectivity index is 1.41. The Hall–Kier alpha value is -5.25. The van der Waals surface area contributed by atoms with Crippen LogP contribution in [0, 0.1) is 5.82 Å². The van der Waals surface area contributed by atoms with Crippen LogP contribution < -0.4 is 10.6 Å². The summed E-state index contributed by atoms with van der Waals surface area (Å²) in [5.74, 6) is -1.38. The molecule has 0 spiro atoms. The van der Waals surface area contributed by atoms with Crippen molar-refractivity contribution in [2.24, 2.45) is 0 Å². The minimum Gasteiger partial charge on any atom is -0.435 e. The first-order valence-electron chi connectivity index (χ1n) is 12.4. The van der Waals surface area contributed by atoms with Gasteiger partial charge in [-0.05, 0) is 72.3 Å². The monoisotopic (exact) mass is 559 g/mol. The lowest BCUT2D eigenvalue weighted by Gasteiger charge is -2.13. The molecule has 2 amide bonds. The average Bonchev–Trinajstić information content (AvgIpc) is 3.42. The number of nitrogens with one attached hydrogen (secondary N) is 2. The molecule has 6 nitrogen and oxygen atoms in total. The summed E-state index contributed by atoms with van der Waals surface area (Å²) < 4.78 is 59.4. The lowest BCUT2D eigenvalue weighted by Crippen LogP contribution is -2.25. The number of hydrogen-bond acceptors (Lipinski definition) is 4. The van der Waals surface area contributed by atoms with Crippen molar-refractivity contribution in [3.8, 4) is 22.8 Å². The smallest absolute Gasteiger partial charge is 0.416 e. The minimum atomic E-state index is -4.57. The van der Waals surface area contributed by atoms with E-state index in [-0.39, 0.29) is 35.0 Å². The van der Waals surface area contributed by atoms with Crippen molar-refractivity contribution in [1.82, 2.24) is 10.3 Å². The summed E-state index contributed by atoms with van der Waals surface area (Å²) in [5, 5.41) is 5.22. The van der Waals surface area contributed by atoms with E-state index in [0.717, 1.165) is 6.07 Å². The SMILES string of the molecule is O=C(Nc1ccc(-c2oc(-c3ccccc3)nc2C(=O)NCc2ccccc2C(F)(F)F)cc1)c1ccc(F)cc1. The van der Waals surface area contributed by atoms with Gasteiger partial charge in [0.15, 0.2) is 11.5 Å². The zero-order chi connectivity index (χ0) is 29.0. The summed E-state index contributed by atoms with van der Waals surface area (Å²) in [6, 6.07) is 25.3. The summed E-state index contributed by atoms with van der Waals surface area (Å²) in [7, 11) is 0. The fourth-order valence-corrected chi connectivity index (χ4v) is 4.09. The van der Waals surface area contributed by atoms with Gasteiger partial charge in [-0.3, -0.25) is 9.59 Å². The zero-order valence-electron chi connectivity index (χ0n) is 21.2. The number of carbonyl (C=O) groups excluding carboxylic acids is 2. The molecule has 0 radical (unpaired) electrons. The Kier molecular flexibility index (Phi) is 7.64. The number of anilines is 1. The van der Waals surface area contributed by atoms with E-state index >= 15 is 0 Å². The van der Waals surface area contributed by atoms with E-state index in [1.807, 2.05) is 0 Å². The van der Waals surface area contributed by atoms with Gasteiger partial charge in [-0.1, -0.05) is 36.4 Å². The molecule has 0 unspecified atom stereocenters. The maximum Gasteiger partial charge on any atom is 0.416 e. The molecule has 0 aliphatic rings. The molecule has 2 N–H and O–H groups in total. The first-order valence-corrected chi connectivity index (χ1v) is 12.4. The third kappa shape index (κ3) is 6.33. The molecule has 5 aromatic rings. The minimum absolute atomic E-state index is 0.0945. The Morgan fingerprint density at radius 2 is 1.41 bits per heavy atom. The van der Waals surface area contributed by atoms with Crippen molar-refractivity contribution < 1.29 is 31.6 Å². The van der Waals surface area contributed by atoms with Crippen molar-refractivity contribution in [3.05, 3.63) is 131 Å². The van der Waals surface area contributed by atoms with Gasteiger partial charge >= 0.3 is 6.18 Å². The second-order valence-corrected chi connectivity index (χ2v) is 8.94. The molecule has 1 aromatic heterocycles. The molecule has 0 aliphatic carbocycles. The van der Waals surface area contributed by atoms with Gasteiger partial charge in [0.05, 0.1) is 5.56 Å². The van der Waals surface area contributed by atoms with E-state index < -0.39 is 29.4 Å². The molecule has 0 fully saturated rings. The highest BCUT2D eigenvalue weighted by Gasteiger charge is 2.33. The highest BCUT2D eigenvalue weighted by Crippen LogP contribution is 2.33. The molecule has 0 atom stereocenters. The maximum atomic E-state index is 13.4. The van der Waals surface area contributed by atoms with Crippen LogP contribution in [-0.4, -0.2) is 16.8 Å². The van der Waals surface area contributed by atoms with Gasteiger partial charge in [-0.15, -0.1) is 0 Å². The molecular formula is C31H21F4N3O3. The molecule has 1 heterocycles. The van der Waals surface area contributed by atoms with Crippen LogP contribution in [0.3, 0.4) is 0 Å². The number of rotatable bonds is 7. The quantitative estimate of drug-likeness (QED) is 0.204. The van der Waals surface area contributed by atoms with Gasteiger partial charge in [0.1, 0.15) is 5.82 Å². The van der Waals surface area contributed by atoms with Crippen molar-refractivity contribution >= 4 is 17.5 Å². The van der Waals surface area contributed by atoms with Crippen molar-refractivity contribution in [1.29, 1.82) is 0 Å². The Bertz CT molecular complexity index is 1680. The van der Waals surface area contributed by atoms with Crippen LogP contribution in [0.2, 0.25) is 0 Å². The highest BCUT2D eigenvalue weighted by atomic mass is 19.4. The molecule has 0 saturated heterocycles. The predicted molar refractivity (Wildman–Crippen MR) is 144 cm³/mol. The topological polar surface area (TPSA) is 84.2 Å². The number of oxazole rings is 1. The number of hydrogen-bond donors (Lipinski definition) is 2. The van der Waals surface area contributed by atoms with E-state index in [0.29, 0.717) is 16.8 Å². The first-order chi connectivity index (χ1) is 19.7. The van der Waals surface area contributed by atoms with Gasteiger partial charge in [0.2, 0.25) is 5.89 Å². The summed E-state index contributed by atoms with van der Waals surface area (Å²) in [6.07, 6.45) is -4.57. The predicted octanol–water partition coefficient (Wildman–Crippen LogP) is 7.35. The molecule has 10 heteroatoms. The van der Waals surface area contributed by atoms with Crippen LogP contribution in [0.25, 0.3) is 22.8 Å². The van der Waals surface area contributed by atoms with E-state index in [4.69, 9.17) is 4.42 Å². The fourth-order valence-electron chi connectivity index (χ4n) is 4.09. The number of aromatic nitrogens is 1. The molecule has 206 valence electrons. The summed E-state index contributed by atoms with van der Waals surface area (Å²) in [4.78, 5) is 30.0. The Morgan fingerprint density at radius 3 is 2.10 bits per heavy atom. The number of alkyl halides is 3. The van der Waals surface area contributed by atoms with Crippen LogP contribution in [0.4, 0.5) is 23.2 Å². The summed E-state index contributed by atoms with van der Waals surface area (Å²) in [5.41, 5.74) is 0.687. The van der Waals surface area contributed by atoms with Crippen molar-refractivity contribution in [2.75, 3.05) is 5.32 Å². The van der Waals surface area contributed by atoms with Gasteiger partial charge in [0, 0.05) is 28.9 Å². The Labute approximate surface area is 231 Å². The number of halogens is 4. The zero-order valence-corrected chi connectivity index (χ0v) is 21.2. The van der Waals surface area contributed by atoms with Crippen LogP contribution in [0.5, 0.6) is 0 Å². The van der Waals surface area contributed by atoms with Crippen LogP contribution in [-0.2, 0) is 12.7 Å². The van der Waals surface area contributed by atoms with E-state index in [9.17, 15) is 27.2 Å². The molecule has 5 rings (SSSR count).